The van der Waals surface area contributed by atoms with Gasteiger partial charge in [0.2, 0.25) is 5.91 Å². The van der Waals surface area contributed by atoms with E-state index in [0.29, 0.717) is 6.61 Å². The van der Waals surface area contributed by atoms with Crippen LogP contribution in [0.2, 0.25) is 0 Å². The fourth-order valence-corrected chi connectivity index (χ4v) is 5.47. The molecule has 1 aromatic carbocycles. The van der Waals surface area contributed by atoms with E-state index in [0.717, 1.165) is 62.7 Å². The number of nitrogens with one attached hydrogen (secondary N) is 1. The maximum absolute atomic E-state index is 12.2. The van der Waals surface area contributed by atoms with Gasteiger partial charge in [0.15, 0.2) is 0 Å². The van der Waals surface area contributed by atoms with E-state index in [9.17, 15) is 9.59 Å². The van der Waals surface area contributed by atoms with Crippen LogP contribution in [0.15, 0.2) is 30.3 Å². The summed E-state index contributed by atoms with van der Waals surface area (Å²) in [7, 11) is 1.47. The summed E-state index contributed by atoms with van der Waals surface area (Å²) in [6, 6.07) is 10.3. The number of anilines is 1. The number of thiophene rings is 1. The minimum Gasteiger partial charge on any atom is -0.492 e. The van der Waals surface area contributed by atoms with Crippen LogP contribution >= 0.6 is 11.3 Å². The SMILES string of the molecule is COC(=O)C1CCCCN1Cc1ccc2c(c1)CN(Cc1ccc(NC(C)=O)s1)CCO2. The minimum absolute atomic E-state index is 0.0498. The molecule has 2 aromatic rings. The molecule has 0 aliphatic carbocycles. The van der Waals surface area contributed by atoms with E-state index < -0.39 is 0 Å². The average Bonchev–Trinajstić information content (AvgIpc) is 3.10. The molecule has 0 bridgehead atoms. The van der Waals surface area contributed by atoms with Crippen LogP contribution in [-0.4, -0.2) is 54.5 Å². The van der Waals surface area contributed by atoms with Crippen LogP contribution < -0.4 is 10.1 Å². The van der Waals surface area contributed by atoms with Crippen molar-refractivity contribution in [1.29, 1.82) is 0 Å². The van der Waals surface area contributed by atoms with E-state index in [-0.39, 0.29) is 17.9 Å². The molecule has 1 fully saturated rings. The summed E-state index contributed by atoms with van der Waals surface area (Å²) in [5.41, 5.74) is 2.36. The Hall–Kier alpha value is -2.42. The number of carbonyl (C=O) groups excluding carboxylic acids is 2. The number of carbonyl (C=O) groups is 2. The number of esters is 1. The fraction of sp³-hybridized carbons (Fsp3) is 0.500. The van der Waals surface area contributed by atoms with Gasteiger partial charge in [-0.3, -0.25) is 19.4 Å². The van der Waals surface area contributed by atoms with Gasteiger partial charge in [0.25, 0.3) is 0 Å². The Balaban J connectivity index is 1.44. The van der Waals surface area contributed by atoms with Crippen molar-refractivity contribution in [3.63, 3.8) is 0 Å². The van der Waals surface area contributed by atoms with Gasteiger partial charge in [-0.15, -0.1) is 11.3 Å². The van der Waals surface area contributed by atoms with E-state index in [1.54, 1.807) is 11.3 Å². The summed E-state index contributed by atoms with van der Waals surface area (Å²) in [6.07, 6.45) is 3.03. The van der Waals surface area contributed by atoms with Gasteiger partial charge in [-0.05, 0) is 49.2 Å². The van der Waals surface area contributed by atoms with Crippen molar-refractivity contribution in [3.05, 3.63) is 46.3 Å². The molecule has 1 amide bonds. The molecule has 0 spiro atoms. The lowest BCUT2D eigenvalue weighted by Gasteiger charge is -2.33. The third-order valence-electron chi connectivity index (χ3n) is 6.00. The highest BCUT2D eigenvalue weighted by atomic mass is 32.1. The Morgan fingerprint density at radius 1 is 1.19 bits per heavy atom. The first-order valence-corrected chi connectivity index (χ1v) is 12.0. The monoisotopic (exact) mass is 457 g/mol. The molecule has 2 aliphatic heterocycles. The second-order valence-corrected chi connectivity index (χ2v) is 9.62. The van der Waals surface area contributed by atoms with Crippen LogP contribution in [0.1, 0.15) is 42.2 Å². The Morgan fingerprint density at radius 3 is 2.88 bits per heavy atom. The fourth-order valence-electron chi connectivity index (χ4n) is 4.48. The maximum atomic E-state index is 12.2. The van der Waals surface area contributed by atoms with Crippen LogP contribution in [-0.2, 0) is 34.0 Å². The Bertz CT molecular complexity index is 960. The molecular formula is C24H31N3O4S. The summed E-state index contributed by atoms with van der Waals surface area (Å²) >= 11 is 1.61. The largest absolute Gasteiger partial charge is 0.492 e. The van der Waals surface area contributed by atoms with Crippen LogP contribution in [0.25, 0.3) is 0 Å². The summed E-state index contributed by atoms with van der Waals surface area (Å²) < 4.78 is 11.0. The number of methoxy groups -OCH3 is 1. The number of ether oxygens (including phenoxy) is 2. The number of rotatable bonds is 6. The van der Waals surface area contributed by atoms with Gasteiger partial charge in [-0.25, -0.2) is 0 Å². The van der Waals surface area contributed by atoms with Crippen molar-refractivity contribution < 1.29 is 19.1 Å². The van der Waals surface area contributed by atoms with Crippen LogP contribution in [0, 0.1) is 0 Å². The quantitative estimate of drug-likeness (QED) is 0.668. The van der Waals surface area contributed by atoms with Crippen molar-refractivity contribution in [2.45, 2.75) is 51.9 Å². The number of benzene rings is 1. The lowest BCUT2D eigenvalue weighted by Crippen LogP contribution is -2.44. The third kappa shape index (κ3) is 5.68. The van der Waals surface area contributed by atoms with Crippen molar-refractivity contribution in [3.8, 4) is 5.75 Å². The predicted molar refractivity (Wildman–Crippen MR) is 125 cm³/mol. The summed E-state index contributed by atoms with van der Waals surface area (Å²) in [5, 5.41) is 3.73. The minimum atomic E-state index is -0.156. The van der Waals surface area contributed by atoms with E-state index in [2.05, 4.69) is 39.4 Å². The molecule has 1 atom stereocenters. The number of hydrogen-bond donors (Lipinski definition) is 1. The van der Waals surface area contributed by atoms with Gasteiger partial charge in [0.1, 0.15) is 18.4 Å². The molecule has 4 rings (SSSR count). The van der Waals surface area contributed by atoms with E-state index in [1.165, 1.54) is 30.0 Å². The molecule has 1 unspecified atom stereocenters. The Kier molecular flexibility index (Phi) is 7.44. The zero-order chi connectivity index (χ0) is 22.5. The van der Waals surface area contributed by atoms with Crippen molar-refractivity contribution in [2.75, 3.05) is 32.1 Å². The topological polar surface area (TPSA) is 71.1 Å². The molecule has 1 N–H and O–H groups in total. The number of amides is 1. The Labute approximate surface area is 193 Å². The number of piperidine rings is 1. The standard InChI is InChI=1S/C24H31N3O4S/c1-17(28)25-23-9-7-20(32-23)16-26-11-12-31-22-8-6-18(13-19(22)15-26)14-27-10-4-3-5-21(27)24(29)30-2/h6-9,13,21H,3-5,10-12,14-16H2,1-2H3,(H,25,28). The molecule has 0 radical (unpaired) electrons. The molecule has 32 heavy (non-hydrogen) atoms. The second kappa shape index (κ2) is 10.5. The normalized spacial score (nSPS) is 19.5. The lowest BCUT2D eigenvalue weighted by molar-refractivity contribution is -0.148. The Morgan fingerprint density at radius 2 is 2.06 bits per heavy atom. The number of hydrogen-bond acceptors (Lipinski definition) is 7. The molecule has 7 nitrogen and oxygen atoms in total. The van der Waals surface area contributed by atoms with Crippen LogP contribution in [0.5, 0.6) is 5.75 Å². The molecule has 1 aromatic heterocycles. The average molecular weight is 458 g/mol. The summed E-state index contributed by atoms with van der Waals surface area (Å²) in [5.74, 6) is 0.749. The predicted octanol–water partition coefficient (Wildman–Crippen LogP) is 3.63. The van der Waals surface area contributed by atoms with E-state index >= 15 is 0 Å². The molecule has 2 aliphatic rings. The smallest absolute Gasteiger partial charge is 0.323 e. The second-order valence-electron chi connectivity index (χ2n) is 8.45. The van der Waals surface area contributed by atoms with E-state index in [4.69, 9.17) is 9.47 Å². The molecular weight excluding hydrogens is 426 g/mol. The van der Waals surface area contributed by atoms with Gasteiger partial charge < -0.3 is 14.8 Å². The summed E-state index contributed by atoms with van der Waals surface area (Å²) in [6.45, 7) is 6.27. The highest BCUT2D eigenvalue weighted by molar-refractivity contribution is 7.16. The van der Waals surface area contributed by atoms with Gasteiger partial charge in [0.05, 0.1) is 12.1 Å². The van der Waals surface area contributed by atoms with Gasteiger partial charge in [-0.1, -0.05) is 12.5 Å². The molecule has 3 heterocycles. The zero-order valence-electron chi connectivity index (χ0n) is 18.8. The van der Waals surface area contributed by atoms with Crippen molar-refractivity contribution in [2.24, 2.45) is 0 Å². The van der Waals surface area contributed by atoms with Crippen LogP contribution in [0.3, 0.4) is 0 Å². The van der Waals surface area contributed by atoms with Gasteiger partial charge >= 0.3 is 5.97 Å². The molecule has 8 heteroatoms. The van der Waals surface area contributed by atoms with Gasteiger partial charge in [-0.2, -0.15) is 0 Å². The molecule has 1 saturated heterocycles. The maximum Gasteiger partial charge on any atom is 0.323 e. The highest BCUT2D eigenvalue weighted by Crippen LogP contribution is 2.29. The first-order valence-electron chi connectivity index (χ1n) is 11.2. The summed E-state index contributed by atoms with van der Waals surface area (Å²) in [4.78, 5) is 29.3. The first-order chi connectivity index (χ1) is 15.5. The zero-order valence-corrected chi connectivity index (χ0v) is 19.6. The number of fused-ring (bicyclic) bond motifs is 1. The lowest BCUT2D eigenvalue weighted by atomic mass is 10.0. The molecule has 0 saturated carbocycles. The van der Waals surface area contributed by atoms with Crippen molar-refractivity contribution in [1.82, 2.24) is 9.80 Å². The molecule has 172 valence electrons. The van der Waals surface area contributed by atoms with E-state index in [1.807, 2.05) is 6.07 Å². The van der Waals surface area contributed by atoms with Gasteiger partial charge in [0, 0.05) is 43.5 Å². The van der Waals surface area contributed by atoms with Crippen molar-refractivity contribution >= 4 is 28.2 Å². The third-order valence-corrected chi connectivity index (χ3v) is 6.98. The number of nitrogens with zero attached hydrogens (tertiary/aromatic N) is 2. The first kappa shape index (κ1) is 22.8. The van der Waals surface area contributed by atoms with Crippen LogP contribution in [0.4, 0.5) is 5.00 Å². The number of likely N-dealkylation sites (tertiary alicyclic amines) is 1. The highest BCUT2D eigenvalue weighted by Gasteiger charge is 2.29.